The molecule has 0 aliphatic heterocycles. The van der Waals surface area contributed by atoms with Crippen molar-refractivity contribution in [2.45, 2.75) is 29.4 Å². The molecule has 1 fully saturated rings. The van der Waals surface area contributed by atoms with Gasteiger partial charge in [-0.1, -0.05) is 30.3 Å². The number of nitrogens with zero attached hydrogens (tertiary/aromatic N) is 2. The Hall–Kier alpha value is -2.90. The molecule has 0 radical (unpaired) electrons. The highest BCUT2D eigenvalue weighted by Gasteiger charge is 2.43. The Bertz CT molecular complexity index is 1350. The number of Topliss-reactive ketones (excluding diaryl/α,β-unsaturated/α-hetero) is 1. The molecule has 1 aliphatic carbocycles. The second-order valence-electron chi connectivity index (χ2n) is 7.94. The smallest absolute Gasteiger partial charge is 0.184 e. The summed E-state index contributed by atoms with van der Waals surface area (Å²) in [6, 6.07) is 18.3. The van der Waals surface area contributed by atoms with E-state index >= 15 is 0 Å². The fraction of sp³-hybridized carbons (Fsp3) is 0.208. The Labute approximate surface area is 184 Å². The number of rotatable bonds is 7. The first-order valence-corrected chi connectivity index (χ1v) is 12.5. The standard InChI is InChI=1S/C24H20N2O3S2/c27-23(11-16-4-5-18-14-26-30-24(18)12-16)22-13-21(22)17-6-8-20(9-7-17)31(28,29)15-19-3-1-2-10-25-19/h1-10,12,14,21-22H,11,13,15H2/t21?,22-/m1/s1. The van der Waals surface area contributed by atoms with E-state index in [1.165, 1.54) is 11.5 Å². The van der Waals surface area contributed by atoms with Gasteiger partial charge in [0.15, 0.2) is 9.84 Å². The van der Waals surface area contributed by atoms with Gasteiger partial charge >= 0.3 is 0 Å². The van der Waals surface area contributed by atoms with Gasteiger partial charge in [-0.15, -0.1) is 0 Å². The van der Waals surface area contributed by atoms with E-state index < -0.39 is 9.84 Å². The zero-order chi connectivity index (χ0) is 21.4. The highest BCUT2D eigenvalue weighted by Crippen LogP contribution is 2.48. The molecule has 1 saturated carbocycles. The van der Waals surface area contributed by atoms with Gasteiger partial charge in [-0.3, -0.25) is 9.78 Å². The normalized spacial score (nSPS) is 18.2. The van der Waals surface area contributed by atoms with Gasteiger partial charge in [0, 0.05) is 30.1 Å². The zero-order valence-electron chi connectivity index (χ0n) is 16.6. The monoisotopic (exact) mass is 448 g/mol. The van der Waals surface area contributed by atoms with Crippen molar-refractivity contribution in [3.05, 3.63) is 89.9 Å². The summed E-state index contributed by atoms with van der Waals surface area (Å²) < 4.78 is 30.6. The molecule has 0 bridgehead atoms. The number of ketones is 1. The molecule has 0 saturated heterocycles. The highest BCUT2D eigenvalue weighted by atomic mass is 32.2. The second kappa shape index (κ2) is 7.98. The molecule has 2 heterocycles. The molecular formula is C24H20N2O3S2. The van der Waals surface area contributed by atoms with Crippen LogP contribution in [0, 0.1) is 5.92 Å². The molecule has 31 heavy (non-hydrogen) atoms. The number of hydrogen-bond donors (Lipinski definition) is 0. The number of sulfone groups is 1. The minimum absolute atomic E-state index is 0.00753. The summed E-state index contributed by atoms with van der Waals surface area (Å²) in [5.74, 6) is 0.294. The van der Waals surface area contributed by atoms with Crippen molar-refractivity contribution < 1.29 is 13.2 Å². The molecular weight excluding hydrogens is 428 g/mol. The molecule has 2 aromatic heterocycles. The van der Waals surface area contributed by atoms with E-state index in [-0.39, 0.29) is 28.3 Å². The van der Waals surface area contributed by atoms with Crippen LogP contribution in [0.4, 0.5) is 0 Å². The van der Waals surface area contributed by atoms with Crippen molar-refractivity contribution >= 4 is 37.2 Å². The minimum Gasteiger partial charge on any atom is -0.299 e. The lowest BCUT2D eigenvalue weighted by atomic mass is 10.0. The fourth-order valence-corrected chi connectivity index (χ4v) is 5.94. The minimum atomic E-state index is -3.45. The van der Waals surface area contributed by atoms with E-state index in [1.54, 1.807) is 36.5 Å². The number of pyridine rings is 1. The molecule has 0 amide bonds. The highest BCUT2D eigenvalue weighted by molar-refractivity contribution is 7.90. The van der Waals surface area contributed by atoms with Crippen LogP contribution in [0.25, 0.3) is 10.1 Å². The summed E-state index contributed by atoms with van der Waals surface area (Å²) in [4.78, 5) is 17.1. The molecule has 4 aromatic rings. The van der Waals surface area contributed by atoms with E-state index in [0.29, 0.717) is 12.1 Å². The van der Waals surface area contributed by atoms with Crippen molar-refractivity contribution in [3.8, 4) is 0 Å². The third-order valence-electron chi connectivity index (χ3n) is 5.73. The predicted octanol–water partition coefficient (Wildman–Crippen LogP) is 4.58. The maximum Gasteiger partial charge on any atom is 0.184 e. The largest absolute Gasteiger partial charge is 0.299 e. The molecule has 1 unspecified atom stereocenters. The van der Waals surface area contributed by atoms with Crippen LogP contribution < -0.4 is 0 Å². The predicted molar refractivity (Wildman–Crippen MR) is 121 cm³/mol. The number of fused-ring (bicyclic) bond motifs is 1. The van der Waals surface area contributed by atoms with Crippen molar-refractivity contribution in [1.29, 1.82) is 0 Å². The number of benzene rings is 2. The Balaban J connectivity index is 1.24. The van der Waals surface area contributed by atoms with Crippen molar-refractivity contribution in [2.24, 2.45) is 5.92 Å². The number of aromatic nitrogens is 2. The van der Waals surface area contributed by atoms with Gasteiger partial charge in [0.05, 0.1) is 21.0 Å². The summed E-state index contributed by atoms with van der Waals surface area (Å²) in [6.07, 6.45) is 4.67. The van der Waals surface area contributed by atoms with Gasteiger partial charge in [-0.05, 0) is 65.3 Å². The third kappa shape index (κ3) is 4.29. The molecule has 5 nitrogen and oxygen atoms in total. The average Bonchev–Trinajstić information content (AvgIpc) is 3.44. The van der Waals surface area contributed by atoms with E-state index in [2.05, 4.69) is 9.36 Å². The van der Waals surface area contributed by atoms with Crippen LogP contribution in [0.1, 0.15) is 29.2 Å². The Morgan fingerprint density at radius 1 is 1.06 bits per heavy atom. The molecule has 1 aliphatic rings. The van der Waals surface area contributed by atoms with Gasteiger partial charge in [-0.25, -0.2) is 8.42 Å². The molecule has 0 N–H and O–H groups in total. The van der Waals surface area contributed by atoms with Crippen LogP contribution in [0.2, 0.25) is 0 Å². The van der Waals surface area contributed by atoms with Gasteiger partial charge in [0.1, 0.15) is 5.78 Å². The zero-order valence-corrected chi connectivity index (χ0v) is 18.3. The lowest BCUT2D eigenvalue weighted by molar-refractivity contribution is -0.119. The van der Waals surface area contributed by atoms with E-state index in [4.69, 9.17) is 0 Å². The first-order valence-electron chi connectivity index (χ1n) is 10.1. The maximum absolute atomic E-state index is 12.7. The van der Waals surface area contributed by atoms with Crippen LogP contribution in [-0.2, 0) is 26.8 Å². The number of carbonyl (C=O) groups excluding carboxylic acids is 1. The number of carbonyl (C=O) groups is 1. The lowest BCUT2D eigenvalue weighted by Crippen LogP contribution is -2.07. The van der Waals surface area contributed by atoms with Gasteiger partial charge < -0.3 is 0 Å². The topological polar surface area (TPSA) is 77.0 Å². The Morgan fingerprint density at radius 2 is 1.90 bits per heavy atom. The fourth-order valence-electron chi connectivity index (χ4n) is 3.95. The van der Waals surface area contributed by atoms with Crippen LogP contribution >= 0.6 is 11.5 Å². The summed E-state index contributed by atoms with van der Waals surface area (Å²) in [6.45, 7) is 0. The lowest BCUT2D eigenvalue weighted by Gasteiger charge is -2.06. The van der Waals surface area contributed by atoms with Crippen molar-refractivity contribution in [3.63, 3.8) is 0 Å². The van der Waals surface area contributed by atoms with E-state index in [1.807, 2.05) is 36.5 Å². The summed E-state index contributed by atoms with van der Waals surface area (Å²) in [5, 5.41) is 1.10. The number of hydrogen-bond acceptors (Lipinski definition) is 6. The average molecular weight is 449 g/mol. The van der Waals surface area contributed by atoms with Gasteiger partial charge in [-0.2, -0.15) is 4.37 Å². The quantitative estimate of drug-likeness (QED) is 0.414. The van der Waals surface area contributed by atoms with Crippen LogP contribution in [-0.4, -0.2) is 23.6 Å². The third-order valence-corrected chi connectivity index (χ3v) is 8.16. The first kappa shape index (κ1) is 20.0. The first-order chi connectivity index (χ1) is 15.0. The second-order valence-corrected chi connectivity index (χ2v) is 10.8. The maximum atomic E-state index is 12.7. The Kier molecular flexibility index (Phi) is 5.16. The van der Waals surface area contributed by atoms with Crippen LogP contribution in [0.5, 0.6) is 0 Å². The SMILES string of the molecule is O=C(Cc1ccc2cnsc2c1)[C@@H]1CC1c1ccc(S(=O)(=O)Cc2ccccn2)cc1. The summed E-state index contributed by atoms with van der Waals surface area (Å²) in [7, 11) is -3.45. The molecule has 7 heteroatoms. The van der Waals surface area contributed by atoms with Gasteiger partial charge in [0.2, 0.25) is 0 Å². The van der Waals surface area contributed by atoms with E-state index in [9.17, 15) is 13.2 Å². The summed E-state index contributed by atoms with van der Waals surface area (Å²) in [5.41, 5.74) is 2.56. The van der Waals surface area contributed by atoms with Crippen molar-refractivity contribution in [2.75, 3.05) is 0 Å². The molecule has 156 valence electrons. The molecule has 2 aromatic carbocycles. The van der Waals surface area contributed by atoms with Crippen molar-refractivity contribution in [1.82, 2.24) is 9.36 Å². The van der Waals surface area contributed by atoms with E-state index in [0.717, 1.165) is 27.6 Å². The van der Waals surface area contributed by atoms with Crippen LogP contribution in [0.15, 0.2) is 78.0 Å². The van der Waals surface area contributed by atoms with Crippen LogP contribution in [0.3, 0.4) is 0 Å². The molecule has 2 atom stereocenters. The van der Waals surface area contributed by atoms with Gasteiger partial charge in [0.25, 0.3) is 0 Å². The molecule has 0 spiro atoms. The Morgan fingerprint density at radius 3 is 2.68 bits per heavy atom. The molecule has 5 rings (SSSR count). The summed E-state index contributed by atoms with van der Waals surface area (Å²) >= 11 is 1.44.